The van der Waals surface area contributed by atoms with Gasteiger partial charge >= 0.3 is 6.09 Å². The fraction of sp³-hybridized carbons (Fsp3) is 0.419. The van der Waals surface area contributed by atoms with E-state index in [2.05, 4.69) is 21.2 Å². The van der Waals surface area contributed by atoms with Crippen molar-refractivity contribution in [1.29, 1.82) is 0 Å². The van der Waals surface area contributed by atoms with E-state index >= 15 is 0 Å². The molecule has 0 aliphatic carbocycles. The summed E-state index contributed by atoms with van der Waals surface area (Å²) in [6.07, 6.45) is 0.826. The Morgan fingerprint density at radius 1 is 1.07 bits per heavy atom. The Hall–Kier alpha value is -4.52. The van der Waals surface area contributed by atoms with E-state index in [1.54, 1.807) is 49.9 Å². The summed E-state index contributed by atoms with van der Waals surface area (Å²) in [6.45, 7) is 9.01. The number of aryl methyl sites for hydroxylation is 1. The lowest BCUT2D eigenvalue weighted by Crippen LogP contribution is -2.61. The molecule has 4 rings (SSSR count). The highest BCUT2D eigenvalue weighted by Crippen LogP contribution is 2.34. The first kappa shape index (κ1) is 32.4. The minimum atomic E-state index is -1.53. The third kappa shape index (κ3) is 7.70. The number of carbonyl (C=O) groups is 4. The van der Waals surface area contributed by atoms with Gasteiger partial charge in [-0.2, -0.15) is 0 Å². The van der Waals surface area contributed by atoms with Gasteiger partial charge in [0.2, 0.25) is 0 Å². The van der Waals surface area contributed by atoms with E-state index in [1.165, 1.54) is 37.4 Å². The molecule has 1 aliphatic rings. The minimum absolute atomic E-state index is 0.0604. The zero-order chi connectivity index (χ0) is 32.2. The van der Waals surface area contributed by atoms with Crippen LogP contribution in [0.4, 0.5) is 4.79 Å². The van der Waals surface area contributed by atoms with Gasteiger partial charge in [0.25, 0.3) is 23.3 Å². The van der Waals surface area contributed by atoms with Crippen molar-refractivity contribution in [3.05, 3.63) is 85.7 Å². The largest absolute Gasteiger partial charge is 0.444 e. The van der Waals surface area contributed by atoms with Crippen LogP contribution in [0.15, 0.2) is 52.6 Å². The Labute approximate surface area is 259 Å². The molecule has 1 aromatic carbocycles. The maximum Gasteiger partial charge on any atom is 0.408 e. The summed E-state index contributed by atoms with van der Waals surface area (Å²) < 4.78 is 6.45. The Balaban J connectivity index is 1.52. The standard InChI is InChI=1S/C31H38N6O6S/c1-19-18-44-26(32-19)22-13-10-14-37(22)27(40)21-15-23(36(6)24(38)16-21)25(39)34-35-28(41)31(5,17-20-11-8-7-9-12-20)33-29(42)43-30(2,3)4/h7-9,11-12,15-16,18,22H,10,13-14,17H2,1-6H3,(H,33,42)(H,34,39)(H,35,41)/t22-,31-/m1/s1. The summed E-state index contributed by atoms with van der Waals surface area (Å²) in [5, 5.41) is 5.38. The molecule has 0 unspecified atom stereocenters. The van der Waals surface area contributed by atoms with Crippen molar-refractivity contribution in [2.24, 2.45) is 7.05 Å². The Bertz CT molecular complexity index is 1610. The number of thiazole rings is 1. The molecule has 0 saturated carbocycles. The smallest absolute Gasteiger partial charge is 0.408 e. The summed E-state index contributed by atoms with van der Waals surface area (Å²) in [5.74, 6) is -1.93. The third-order valence-electron chi connectivity index (χ3n) is 7.15. The Morgan fingerprint density at radius 3 is 2.41 bits per heavy atom. The van der Waals surface area contributed by atoms with Gasteiger partial charge in [0.05, 0.1) is 6.04 Å². The number of nitrogens with one attached hydrogen (secondary N) is 3. The van der Waals surface area contributed by atoms with Gasteiger partial charge in [-0.05, 0) is 59.1 Å². The predicted octanol–water partition coefficient (Wildman–Crippen LogP) is 3.41. The molecule has 1 saturated heterocycles. The van der Waals surface area contributed by atoms with E-state index in [0.717, 1.165) is 33.7 Å². The number of aromatic nitrogens is 2. The van der Waals surface area contributed by atoms with Crippen LogP contribution in [0.25, 0.3) is 0 Å². The van der Waals surface area contributed by atoms with Crippen LogP contribution in [0.2, 0.25) is 0 Å². The number of rotatable bonds is 7. The van der Waals surface area contributed by atoms with Crippen molar-refractivity contribution in [3.8, 4) is 0 Å². The van der Waals surface area contributed by atoms with E-state index in [-0.39, 0.29) is 29.6 Å². The second-order valence-corrected chi connectivity index (χ2v) is 12.9. The zero-order valence-electron chi connectivity index (χ0n) is 25.7. The van der Waals surface area contributed by atoms with Crippen molar-refractivity contribution >= 4 is 35.2 Å². The van der Waals surface area contributed by atoms with Crippen LogP contribution >= 0.6 is 11.3 Å². The van der Waals surface area contributed by atoms with Crippen LogP contribution in [0.1, 0.15) is 83.7 Å². The number of carbonyl (C=O) groups excluding carboxylic acids is 4. The lowest BCUT2D eigenvalue weighted by atomic mass is 9.92. The first-order chi connectivity index (χ1) is 20.7. The van der Waals surface area contributed by atoms with Crippen LogP contribution in [-0.4, -0.2) is 56.0 Å². The highest BCUT2D eigenvalue weighted by Gasteiger charge is 2.37. The van der Waals surface area contributed by atoms with Crippen molar-refractivity contribution < 1.29 is 23.9 Å². The average molecular weight is 623 g/mol. The maximum atomic E-state index is 13.5. The fourth-order valence-corrected chi connectivity index (χ4v) is 5.91. The lowest BCUT2D eigenvalue weighted by Gasteiger charge is -2.31. The molecule has 0 radical (unpaired) electrons. The van der Waals surface area contributed by atoms with Crippen molar-refractivity contribution in [3.63, 3.8) is 0 Å². The molecule has 4 amide bonds. The minimum Gasteiger partial charge on any atom is -0.444 e. The summed E-state index contributed by atoms with van der Waals surface area (Å²) in [5.41, 5.74) is 3.36. The monoisotopic (exact) mass is 622 g/mol. The first-order valence-corrected chi connectivity index (χ1v) is 15.1. The number of ether oxygens (including phenoxy) is 1. The SMILES string of the molecule is Cc1csc([C@H]2CCCN2C(=O)c2cc(C(=O)NNC(=O)[C@@](C)(Cc3ccccc3)NC(=O)OC(C)(C)C)n(C)c(=O)c2)n1. The molecule has 1 fully saturated rings. The van der Waals surface area contributed by atoms with E-state index in [4.69, 9.17) is 4.74 Å². The number of hydrogen-bond donors (Lipinski definition) is 3. The van der Waals surface area contributed by atoms with Crippen molar-refractivity contribution in [1.82, 2.24) is 30.6 Å². The van der Waals surface area contributed by atoms with Crippen LogP contribution in [0, 0.1) is 6.92 Å². The highest BCUT2D eigenvalue weighted by atomic mass is 32.1. The van der Waals surface area contributed by atoms with Crippen molar-refractivity contribution in [2.75, 3.05) is 6.54 Å². The van der Waals surface area contributed by atoms with Gasteiger partial charge < -0.3 is 19.5 Å². The molecule has 234 valence electrons. The van der Waals surface area contributed by atoms with E-state index in [0.29, 0.717) is 6.54 Å². The van der Waals surface area contributed by atoms with Gasteiger partial charge in [-0.25, -0.2) is 9.78 Å². The Morgan fingerprint density at radius 2 is 1.77 bits per heavy atom. The molecule has 0 spiro atoms. The predicted molar refractivity (Wildman–Crippen MR) is 165 cm³/mol. The molecule has 3 aromatic rings. The normalized spacial score (nSPS) is 16.1. The number of hydrazine groups is 1. The fourth-order valence-electron chi connectivity index (χ4n) is 4.96. The first-order valence-electron chi connectivity index (χ1n) is 14.3. The summed E-state index contributed by atoms with van der Waals surface area (Å²) in [6, 6.07) is 11.4. The molecule has 1 aliphatic heterocycles. The third-order valence-corrected chi connectivity index (χ3v) is 8.21. The second-order valence-electron chi connectivity index (χ2n) is 12.0. The molecule has 0 bridgehead atoms. The molecule has 2 atom stereocenters. The number of amides is 4. The van der Waals surface area contributed by atoms with Gasteiger partial charge in [0, 0.05) is 42.7 Å². The second kappa shape index (κ2) is 13.0. The van der Waals surface area contributed by atoms with Crippen LogP contribution in [0.3, 0.4) is 0 Å². The molecule has 44 heavy (non-hydrogen) atoms. The van der Waals surface area contributed by atoms with Crippen LogP contribution in [0.5, 0.6) is 0 Å². The van der Waals surface area contributed by atoms with E-state index in [1.807, 2.05) is 18.4 Å². The molecule has 13 heteroatoms. The number of nitrogens with zero attached hydrogens (tertiary/aromatic N) is 3. The molecular weight excluding hydrogens is 584 g/mol. The van der Waals surface area contributed by atoms with Crippen molar-refractivity contribution in [2.45, 2.75) is 71.1 Å². The van der Waals surface area contributed by atoms with Crippen LogP contribution < -0.4 is 21.7 Å². The molecule has 3 heterocycles. The number of pyridine rings is 1. The highest BCUT2D eigenvalue weighted by molar-refractivity contribution is 7.09. The Kier molecular flexibility index (Phi) is 9.57. The molecule has 2 aromatic heterocycles. The van der Waals surface area contributed by atoms with E-state index in [9.17, 15) is 24.0 Å². The summed E-state index contributed by atoms with van der Waals surface area (Å²) in [7, 11) is 1.40. The zero-order valence-corrected chi connectivity index (χ0v) is 26.5. The molecule has 12 nitrogen and oxygen atoms in total. The number of alkyl carbamates (subject to hydrolysis) is 1. The topological polar surface area (TPSA) is 152 Å². The lowest BCUT2D eigenvalue weighted by molar-refractivity contribution is -0.127. The molecule has 3 N–H and O–H groups in total. The summed E-state index contributed by atoms with van der Waals surface area (Å²) in [4.78, 5) is 72.0. The van der Waals surface area contributed by atoms with Gasteiger partial charge in [-0.15, -0.1) is 11.3 Å². The van der Waals surface area contributed by atoms with E-state index < -0.39 is 34.6 Å². The maximum absolute atomic E-state index is 13.5. The van der Waals surface area contributed by atoms with Gasteiger partial charge in [-0.1, -0.05) is 30.3 Å². The number of benzene rings is 1. The molecular formula is C31H38N6O6S. The van der Waals surface area contributed by atoms with Gasteiger partial charge in [0.15, 0.2) is 0 Å². The van der Waals surface area contributed by atoms with Crippen LogP contribution in [-0.2, 0) is 23.0 Å². The van der Waals surface area contributed by atoms with Gasteiger partial charge in [-0.3, -0.25) is 30.0 Å². The number of likely N-dealkylation sites (tertiary alicyclic amines) is 1. The quantitative estimate of drug-likeness (QED) is 0.342. The van der Waals surface area contributed by atoms with Gasteiger partial charge in [0.1, 0.15) is 21.8 Å². The number of hydrogen-bond acceptors (Lipinski definition) is 8. The summed E-state index contributed by atoms with van der Waals surface area (Å²) >= 11 is 1.49. The average Bonchev–Trinajstić information content (AvgIpc) is 3.61.